The molecule has 72 valence electrons. The zero-order valence-corrected chi connectivity index (χ0v) is 9.83. The summed E-state index contributed by atoms with van der Waals surface area (Å²) in [6.45, 7) is 0. The van der Waals surface area contributed by atoms with Crippen LogP contribution >= 0.6 is 34.2 Å². The van der Waals surface area contributed by atoms with Gasteiger partial charge in [-0.25, -0.2) is 0 Å². The van der Waals surface area contributed by atoms with E-state index < -0.39 is 0 Å². The fraction of sp³-hybridized carbons (Fsp3) is 0.111. The lowest BCUT2D eigenvalue weighted by atomic mass is 10.1. The normalized spacial score (nSPS) is 9.50. The molecule has 0 atom stereocenters. The zero-order chi connectivity index (χ0) is 10.7. The Balaban J connectivity index is 3.38. The molecule has 1 aromatic carbocycles. The predicted octanol–water partition coefficient (Wildman–Crippen LogP) is 2.29. The van der Waals surface area contributed by atoms with Crippen molar-refractivity contribution in [1.29, 1.82) is 5.26 Å². The van der Waals surface area contributed by atoms with Crippen LogP contribution in [0, 0.1) is 14.9 Å². The molecule has 5 heteroatoms. The molecular weight excluding hydrogens is 316 g/mol. The Morgan fingerprint density at radius 1 is 1.64 bits per heavy atom. The van der Waals surface area contributed by atoms with E-state index in [2.05, 4.69) is 0 Å². The Bertz CT molecular complexity index is 426. The average molecular weight is 322 g/mol. The molecule has 3 nitrogen and oxygen atoms in total. The van der Waals surface area contributed by atoms with Gasteiger partial charge >= 0.3 is 0 Å². The number of hydrogen-bond acceptors (Lipinski definition) is 3. The molecule has 0 saturated carbocycles. The Morgan fingerprint density at radius 2 is 2.29 bits per heavy atom. The van der Waals surface area contributed by atoms with Crippen molar-refractivity contribution in [2.75, 3.05) is 5.88 Å². The number of nitrogens with zero attached hydrogens (tertiary/aromatic N) is 1. The van der Waals surface area contributed by atoms with E-state index in [1.807, 2.05) is 28.7 Å². The quantitative estimate of drug-likeness (QED) is 0.516. The number of aromatic hydroxyl groups is 1. The SMILES string of the molecule is N#Cc1cc(O)cc(C(=O)CCl)c1I. The molecule has 0 aliphatic heterocycles. The minimum absolute atomic E-state index is 0.101. The number of carbonyl (C=O) groups excluding carboxylic acids is 1. The van der Waals surface area contributed by atoms with E-state index in [0.717, 1.165) is 0 Å². The van der Waals surface area contributed by atoms with Crippen LogP contribution in [-0.4, -0.2) is 16.8 Å². The van der Waals surface area contributed by atoms with Gasteiger partial charge in [-0.05, 0) is 34.7 Å². The van der Waals surface area contributed by atoms with Crippen molar-refractivity contribution in [1.82, 2.24) is 0 Å². The largest absolute Gasteiger partial charge is 0.508 e. The Morgan fingerprint density at radius 3 is 2.79 bits per heavy atom. The predicted molar refractivity (Wildman–Crippen MR) is 60.6 cm³/mol. The van der Waals surface area contributed by atoms with Gasteiger partial charge in [-0.3, -0.25) is 4.79 Å². The van der Waals surface area contributed by atoms with Crippen molar-refractivity contribution < 1.29 is 9.90 Å². The van der Waals surface area contributed by atoms with Gasteiger partial charge in [-0.2, -0.15) is 5.26 Å². The molecule has 0 fully saturated rings. The number of alkyl halides is 1. The van der Waals surface area contributed by atoms with Gasteiger partial charge in [-0.15, -0.1) is 11.6 Å². The van der Waals surface area contributed by atoms with Crippen molar-refractivity contribution in [3.05, 3.63) is 26.8 Å². The topological polar surface area (TPSA) is 61.1 Å². The third-order valence-electron chi connectivity index (χ3n) is 1.60. The minimum Gasteiger partial charge on any atom is -0.508 e. The number of phenolic OH excluding ortho intramolecular Hbond substituents is 1. The van der Waals surface area contributed by atoms with E-state index in [4.69, 9.17) is 16.9 Å². The second-order valence-electron chi connectivity index (χ2n) is 2.52. The maximum atomic E-state index is 11.3. The van der Waals surface area contributed by atoms with Crippen LogP contribution in [0.25, 0.3) is 0 Å². The molecule has 0 bridgehead atoms. The fourth-order valence-electron chi connectivity index (χ4n) is 0.965. The molecular formula is C9H5ClINO2. The van der Waals surface area contributed by atoms with Crippen LogP contribution in [0.4, 0.5) is 0 Å². The first-order valence-corrected chi connectivity index (χ1v) is 5.23. The van der Waals surface area contributed by atoms with Gasteiger partial charge in [0.05, 0.1) is 11.4 Å². The molecule has 0 aliphatic rings. The molecule has 0 saturated heterocycles. The lowest BCUT2D eigenvalue weighted by Gasteiger charge is -2.03. The number of rotatable bonds is 2. The van der Waals surface area contributed by atoms with E-state index in [1.54, 1.807) is 0 Å². The molecule has 14 heavy (non-hydrogen) atoms. The van der Waals surface area contributed by atoms with Gasteiger partial charge in [0.1, 0.15) is 11.8 Å². The van der Waals surface area contributed by atoms with E-state index in [1.165, 1.54) is 12.1 Å². The number of ketones is 1. The highest BCUT2D eigenvalue weighted by atomic mass is 127. The van der Waals surface area contributed by atoms with Crippen LogP contribution in [-0.2, 0) is 0 Å². The smallest absolute Gasteiger partial charge is 0.178 e. The van der Waals surface area contributed by atoms with Crippen LogP contribution in [0.5, 0.6) is 5.75 Å². The summed E-state index contributed by atoms with van der Waals surface area (Å²) >= 11 is 7.27. The zero-order valence-electron chi connectivity index (χ0n) is 6.92. The van der Waals surface area contributed by atoms with Gasteiger partial charge in [0.2, 0.25) is 0 Å². The third kappa shape index (κ3) is 2.16. The molecule has 1 N–H and O–H groups in total. The maximum Gasteiger partial charge on any atom is 0.178 e. The van der Waals surface area contributed by atoms with Crippen LogP contribution in [0.15, 0.2) is 12.1 Å². The minimum atomic E-state index is -0.302. The summed E-state index contributed by atoms with van der Waals surface area (Å²) in [5, 5.41) is 18.0. The van der Waals surface area contributed by atoms with Crippen molar-refractivity contribution in [3.8, 4) is 11.8 Å². The summed E-state index contributed by atoms with van der Waals surface area (Å²) in [5.41, 5.74) is 0.566. The monoisotopic (exact) mass is 321 g/mol. The van der Waals surface area contributed by atoms with Gasteiger partial charge in [0.15, 0.2) is 5.78 Å². The Hall–Kier alpha value is -0.800. The molecule has 0 radical (unpaired) electrons. The van der Waals surface area contributed by atoms with Crippen molar-refractivity contribution in [2.45, 2.75) is 0 Å². The molecule has 0 unspecified atom stereocenters. The van der Waals surface area contributed by atoms with Crippen molar-refractivity contribution >= 4 is 40.0 Å². The summed E-state index contributed by atoms with van der Waals surface area (Å²) in [6.07, 6.45) is 0. The Labute approximate surface area is 99.4 Å². The van der Waals surface area contributed by atoms with Crippen LogP contribution in [0.2, 0.25) is 0 Å². The lowest BCUT2D eigenvalue weighted by Crippen LogP contribution is -2.04. The third-order valence-corrected chi connectivity index (χ3v) is 3.00. The first kappa shape index (κ1) is 11.3. The molecule has 0 spiro atoms. The van der Waals surface area contributed by atoms with Gasteiger partial charge in [0.25, 0.3) is 0 Å². The highest BCUT2D eigenvalue weighted by Gasteiger charge is 2.13. The molecule has 1 rings (SSSR count). The standard InChI is InChI=1S/C9H5ClINO2/c10-3-8(14)7-2-6(13)1-5(4-12)9(7)11/h1-2,13H,3H2. The summed E-state index contributed by atoms with van der Waals surface area (Å²) in [5.74, 6) is -0.566. The summed E-state index contributed by atoms with van der Waals surface area (Å²) in [7, 11) is 0. The van der Waals surface area contributed by atoms with E-state index in [9.17, 15) is 9.90 Å². The summed E-state index contributed by atoms with van der Waals surface area (Å²) in [4.78, 5) is 11.3. The number of phenols is 1. The highest BCUT2D eigenvalue weighted by Crippen LogP contribution is 2.23. The van der Waals surface area contributed by atoms with E-state index >= 15 is 0 Å². The van der Waals surface area contributed by atoms with E-state index in [0.29, 0.717) is 3.57 Å². The molecule has 0 aliphatic carbocycles. The summed E-state index contributed by atoms with van der Waals surface area (Å²) < 4.78 is 0.522. The van der Waals surface area contributed by atoms with Crippen molar-refractivity contribution in [3.63, 3.8) is 0 Å². The van der Waals surface area contributed by atoms with Crippen molar-refractivity contribution in [2.24, 2.45) is 0 Å². The Kier molecular flexibility index (Phi) is 3.72. The molecule has 0 amide bonds. The number of hydrogen-bond donors (Lipinski definition) is 1. The number of nitriles is 1. The first-order chi connectivity index (χ1) is 6.60. The second kappa shape index (κ2) is 4.62. The van der Waals surface area contributed by atoms with Crippen LogP contribution < -0.4 is 0 Å². The van der Waals surface area contributed by atoms with Crippen LogP contribution in [0.3, 0.4) is 0 Å². The number of benzene rings is 1. The number of Topliss-reactive ketones (excluding diaryl/α,β-unsaturated/α-hetero) is 1. The second-order valence-corrected chi connectivity index (χ2v) is 3.87. The molecule has 0 heterocycles. The molecule has 1 aromatic rings. The lowest BCUT2D eigenvalue weighted by molar-refractivity contribution is 0.102. The average Bonchev–Trinajstić information content (AvgIpc) is 2.19. The van der Waals surface area contributed by atoms with Gasteiger partial charge in [0, 0.05) is 9.13 Å². The number of halogens is 2. The highest BCUT2D eigenvalue weighted by molar-refractivity contribution is 14.1. The van der Waals surface area contributed by atoms with Gasteiger partial charge < -0.3 is 5.11 Å². The summed E-state index contributed by atoms with van der Waals surface area (Å²) in [6, 6.07) is 4.52. The van der Waals surface area contributed by atoms with Gasteiger partial charge in [-0.1, -0.05) is 0 Å². The van der Waals surface area contributed by atoms with E-state index in [-0.39, 0.29) is 28.5 Å². The number of carbonyl (C=O) groups is 1. The fourth-order valence-corrected chi connectivity index (χ4v) is 1.84. The maximum absolute atomic E-state index is 11.3. The molecule has 0 aromatic heterocycles. The first-order valence-electron chi connectivity index (χ1n) is 3.62. The van der Waals surface area contributed by atoms with Crippen LogP contribution in [0.1, 0.15) is 15.9 Å².